The minimum Gasteiger partial charge on any atom is -0.437 e. The van der Waals surface area contributed by atoms with Crippen molar-refractivity contribution in [2.45, 2.75) is 6.43 Å². The number of nitrogens with one attached hydrogen (secondary N) is 1. The summed E-state index contributed by atoms with van der Waals surface area (Å²) in [6.07, 6.45) is 0.515. The summed E-state index contributed by atoms with van der Waals surface area (Å²) < 4.78 is 30.1. The molecular formula is C12H11F2N3O. The summed E-state index contributed by atoms with van der Waals surface area (Å²) in [5.74, 6) is 1.30. The molecule has 6 heteroatoms. The summed E-state index contributed by atoms with van der Waals surface area (Å²) in [6.45, 7) is 0. The molecule has 18 heavy (non-hydrogen) atoms. The van der Waals surface area contributed by atoms with Crippen molar-refractivity contribution < 1.29 is 13.5 Å². The number of alkyl halides is 2. The highest BCUT2D eigenvalue weighted by molar-refractivity contribution is 5.35. The van der Waals surface area contributed by atoms with Crippen LogP contribution in [0.2, 0.25) is 0 Å². The van der Waals surface area contributed by atoms with Gasteiger partial charge in [-0.3, -0.25) is 4.98 Å². The second kappa shape index (κ2) is 5.39. The van der Waals surface area contributed by atoms with Crippen LogP contribution in [0.3, 0.4) is 0 Å². The number of anilines is 1. The molecule has 4 nitrogen and oxygen atoms in total. The van der Waals surface area contributed by atoms with E-state index in [-0.39, 0.29) is 5.56 Å². The molecule has 1 aromatic carbocycles. The number of hydrogen-bond donors (Lipinski definition) is 1. The first kappa shape index (κ1) is 12.2. The van der Waals surface area contributed by atoms with E-state index in [0.29, 0.717) is 17.4 Å². The molecule has 0 aliphatic rings. The van der Waals surface area contributed by atoms with Crippen LogP contribution in [-0.2, 0) is 0 Å². The molecule has 2 aromatic rings. The fraction of sp³-hybridized carbons (Fsp3) is 0.167. The predicted octanol–water partition coefficient (Wildman–Crippen LogP) is 3.25. The molecule has 0 saturated carbocycles. The Hall–Kier alpha value is -2.24. The number of rotatable bonds is 4. The van der Waals surface area contributed by atoms with Crippen LogP contribution in [0.15, 0.2) is 36.7 Å². The van der Waals surface area contributed by atoms with Crippen LogP contribution in [0.25, 0.3) is 0 Å². The summed E-state index contributed by atoms with van der Waals surface area (Å²) in [7, 11) is 1.71. The largest absolute Gasteiger partial charge is 0.437 e. The molecule has 94 valence electrons. The van der Waals surface area contributed by atoms with E-state index in [1.807, 2.05) is 0 Å². The maximum absolute atomic E-state index is 12.4. The Labute approximate surface area is 103 Å². The molecule has 0 aliphatic carbocycles. The standard InChI is InChI=1S/C12H11F2N3O/c1-15-10-6-16-7-11(17-10)18-9-4-2-8(3-5-9)12(13)14/h2-7,12H,1H3,(H,15,17). The molecule has 2 rings (SSSR count). The normalized spacial score (nSPS) is 10.4. The average molecular weight is 251 g/mol. The second-order valence-electron chi connectivity index (χ2n) is 3.46. The molecule has 1 aromatic heterocycles. The topological polar surface area (TPSA) is 47.0 Å². The van der Waals surface area contributed by atoms with Crippen molar-refractivity contribution in [1.29, 1.82) is 0 Å². The minimum atomic E-state index is -2.48. The van der Waals surface area contributed by atoms with E-state index in [1.54, 1.807) is 13.2 Å². The van der Waals surface area contributed by atoms with Crippen molar-refractivity contribution in [1.82, 2.24) is 9.97 Å². The van der Waals surface area contributed by atoms with Crippen molar-refractivity contribution in [3.63, 3.8) is 0 Å². The average Bonchev–Trinajstić information content (AvgIpc) is 2.39. The highest BCUT2D eigenvalue weighted by Gasteiger charge is 2.07. The maximum atomic E-state index is 12.4. The zero-order chi connectivity index (χ0) is 13.0. The fourth-order valence-corrected chi connectivity index (χ4v) is 1.32. The number of aromatic nitrogens is 2. The smallest absolute Gasteiger partial charge is 0.263 e. The summed E-state index contributed by atoms with van der Waals surface area (Å²) in [4.78, 5) is 8.03. The van der Waals surface area contributed by atoms with Gasteiger partial charge in [0.05, 0.1) is 12.4 Å². The van der Waals surface area contributed by atoms with Crippen molar-refractivity contribution in [3.8, 4) is 11.6 Å². The number of benzene rings is 1. The van der Waals surface area contributed by atoms with Gasteiger partial charge in [0.25, 0.3) is 6.43 Å². The van der Waals surface area contributed by atoms with Gasteiger partial charge in [-0.15, -0.1) is 0 Å². The Morgan fingerprint density at radius 2 is 1.89 bits per heavy atom. The van der Waals surface area contributed by atoms with Crippen LogP contribution in [0.4, 0.5) is 14.6 Å². The van der Waals surface area contributed by atoms with Gasteiger partial charge >= 0.3 is 0 Å². The number of halogens is 2. The van der Waals surface area contributed by atoms with Gasteiger partial charge in [-0.1, -0.05) is 0 Å². The third-order valence-corrected chi connectivity index (χ3v) is 2.22. The van der Waals surface area contributed by atoms with Crippen molar-refractivity contribution in [3.05, 3.63) is 42.2 Å². The van der Waals surface area contributed by atoms with Gasteiger partial charge in [0.15, 0.2) is 0 Å². The summed E-state index contributed by atoms with van der Waals surface area (Å²) in [5, 5.41) is 2.82. The van der Waals surface area contributed by atoms with Crippen LogP contribution >= 0.6 is 0 Å². The molecule has 0 bridgehead atoms. The molecule has 0 spiro atoms. The van der Waals surface area contributed by atoms with Gasteiger partial charge in [-0.05, 0) is 24.3 Å². The first-order valence-electron chi connectivity index (χ1n) is 5.25. The molecule has 0 saturated heterocycles. The molecule has 0 amide bonds. The number of hydrogen-bond acceptors (Lipinski definition) is 4. The fourth-order valence-electron chi connectivity index (χ4n) is 1.32. The third-order valence-electron chi connectivity index (χ3n) is 2.22. The highest BCUT2D eigenvalue weighted by atomic mass is 19.3. The summed E-state index contributed by atoms with van der Waals surface area (Å²) in [6, 6.07) is 5.56. The van der Waals surface area contributed by atoms with Gasteiger partial charge in [-0.2, -0.15) is 4.98 Å². The lowest BCUT2D eigenvalue weighted by molar-refractivity contribution is 0.151. The van der Waals surface area contributed by atoms with Crippen LogP contribution < -0.4 is 10.1 Å². The second-order valence-corrected chi connectivity index (χ2v) is 3.46. The van der Waals surface area contributed by atoms with Crippen LogP contribution in [0.1, 0.15) is 12.0 Å². The van der Waals surface area contributed by atoms with Crippen molar-refractivity contribution in [2.24, 2.45) is 0 Å². The molecule has 1 heterocycles. The first-order chi connectivity index (χ1) is 8.69. The minimum absolute atomic E-state index is 0.0441. The molecule has 0 fully saturated rings. The predicted molar refractivity (Wildman–Crippen MR) is 63.1 cm³/mol. The van der Waals surface area contributed by atoms with Crippen molar-refractivity contribution in [2.75, 3.05) is 12.4 Å². The van der Waals surface area contributed by atoms with Crippen LogP contribution in [-0.4, -0.2) is 17.0 Å². The van der Waals surface area contributed by atoms with Crippen LogP contribution in [0.5, 0.6) is 11.6 Å². The van der Waals surface area contributed by atoms with E-state index in [9.17, 15) is 8.78 Å². The monoisotopic (exact) mass is 251 g/mol. The SMILES string of the molecule is CNc1cncc(Oc2ccc(C(F)F)cc2)n1. The van der Waals surface area contributed by atoms with Crippen LogP contribution in [0, 0.1) is 0 Å². The third kappa shape index (κ3) is 2.91. The van der Waals surface area contributed by atoms with E-state index in [0.717, 1.165) is 0 Å². The van der Waals surface area contributed by atoms with E-state index < -0.39 is 6.43 Å². The van der Waals surface area contributed by atoms with E-state index in [1.165, 1.54) is 30.5 Å². The zero-order valence-corrected chi connectivity index (χ0v) is 9.60. The van der Waals surface area contributed by atoms with Gasteiger partial charge in [0.2, 0.25) is 5.88 Å². The molecule has 0 aliphatic heterocycles. The molecule has 0 atom stereocenters. The number of nitrogens with zero attached hydrogens (tertiary/aromatic N) is 2. The zero-order valence-electron chi connectivity index (χ0n) is 9.60. The molecular weight excluding hydrogens is 240 g/mol. The lowest BCUT2D eigenvalue weighted by Gasteiger charge is -2.06. The van der Waals surface area contributed by atoms with E-state index >= 15 is 0 Å². The Morgan fingerprint density at radius 1 is 1.17 bits per heavy atom. The molecule has 1 N–H and O–H groups in total. The Bertz CT molecular complexity index is 517. The molecule has 0 radical (unpaired) electrons. The van der Waals surface area contributed by atoms with Crippen molar-refractivity contribution >= 4 is 5.82 Å². The molecule has 0 unspecified atom stereocenters. The summed E-state index contributed by atoms with van der Waals surface area (Å²) in [5.41, 5.74) is -0.0441. The van der Waals surface area contributed by atoms with Gasteiger partial charge in [0, 0.05) is 12.6 Å². The first-order valence-corrected chi connectivity index (χ1v) is 5.25. The maximum Gasteiger partial charge on any atom is 0.263 e. The lowest BCUT2D eigenvalue weighted by atomic mass is 10.2. The van der Waals surface area contributed by atoms with Gasteiger partial charge in [-0.25, -0.2) is 8.78 Å². The number of ether oxygens (including phenoxy) is 1. The Morgan fingerprint density at radius 3 is 2.50 bits per heavy atom. The lowest BCUT2D eigenvalue weighted by Crippen LogP contribution is -1.95. The highest BCUT2D eigenvalue weighted by Crippen LogP contribution is 2.24. The Kier molecular flexibility index (Phi) is 3.66. The summed E-state index contributed by atoms with van der Waals surface area (Å²) >= 11 is 0. The quantitative estimate of drug-likeness (QED) is 0.906. The van der Waals surface area contributed by atoms with E-state index in [2.05, 4.69) is 15.3 Å². The van der Waals surface area contributed by atoms with Gasteiger partial charge < -0.3 is 10.1 Å². The Balaban J connectivity index is 2.13. The van der Waals surface area contributed by atoms with E-state index in [4.69, 9.17) is 4.74 Å². The van der Waals surface area contributed by atoms with Gasteiger partial charge in [0.1, 0.15) is 11.6 Å².